The molecule has 0 spiro atoms. The predicted octanol–water partition coefficient (Wildman–Crippen LogP) is 0.152. The predicted molar refractivity (Wildman–Crippen MR) is 56.8 cm³/mol. The largest absolute Gasteiger partial charge is 0.395 e. The maximum absolute atomic E-state index is 9.30. The molecule has 0 aromatic heterocycles. The van der Waals surface area contributed by atoms with Crippen LogP contribution in [0.2, 0.25) is 0 Å². The van der Waals surface area contributed by atoms with E-state index in [1.165, 1.54) is 6.42 Å². The first-order valence-corrected chi connectivity index (χ1v) is 5.93. The summed E-state index contributed by atoms with van der Waals surface area (Å²) in [7, 11) is 0. The molecule has 2 N–H and O–H groups in total. The van der Waals surface area contributed by atoms with Crippen molar-refractivity contribution >= 4 is 0 Å². The van der Waals surface area contributed by atoms with Crippen molar-refractivity contribution in [2.24, 2.45) is 5.92 Å². The van der Waals surface area contributed by atoms with Gasteiger partial charge in [-0.05, 0) is 19.3 Å². The molecule has 0 bridgehead atoms. The van der Waals surface area contributed by atoms with E-state index in [1.54, 1.807) is 0 Å². The molecular weight excluding hydrogens is 194 g/mol. The first kappa shape index (κ1) is 11.3. The van der Waals surface area contributed by atoms with Crippen molar-refractivity contribution in [2.75, 3.05) is 33.0 Å². The van der Waals surface area contributed by atoms with Crippen LogP contribution in [0.1, 0.15) is 19.3 Å². The van der Waals surface area contributed by atoms with Gasteiger partial charge in [-0.3, -0.25) is 0 Å². The Morgan fingerprint density at radius 3 is 2.87 bits per heavy atom. The number of nitrogens with one attached hydrogen (secondary N) is 1. The van der Waals surface area contributed by atoms with Crippen LogP contribution in [-0.2, 0) is 9.47 Å². The number of rotatable bonds is 5. The molecule has 0 amide bonds. The highest BCUT2D eigenvalue weighted by atomic mass is 16.5. The van der Waals surface area contributed by atoms with Gasteiger partial charge < -0.3 is 19.9 Å². The molecule has 2 aliphatic heterocycles. The van der Waals surface area contributed by atoms with E-state index in [9.17, 15) is 5.11 Å². The lowest BCUT2D eigenvalue weighted by molar-refractivity contribution is 0.0959. The Labute approximate surface area is 90.9 Å². The van der Waals surface area contributed by atoms with Crippen molar-refractivity contribution < 1.29 is 14.6 Å². The van der Waals surface area contributed by atoms with Crippen LogP contribution in [0.25, 0.3) is 0 Å². The molecule has 0 radical (unpaired) electrons. The summed E-state index contributed by atoms with van der Waals surface area (Å²) < 4.78 is 10.9. The molecule has 15 heavy (non-hydrogen) atoms. The van der Waals surface area contributed by atoms with Crippen LogP contribution in [-0.4, -0.2) is 50.2 Å². The molecule has 2 saturated heterocycles. The van der Waals surface area contributed by atoms with E-state index in [1.807, 2.05) is 0 Å². The van der Waals surface area contributed by atoms with E-state index in [2.05, 4.69) is 5.32 Å². The molecule has 3 atom stereocenters. The van der Waals surface area contributed by atoms with E-state index < -0.39 is 0 Å². The fourth-order valence-electron chi connectivity index (χ4n) is 2.34. The van der Waals surface area contributed by atoms with E-state index in [4.69, 9.17) is 9.47 Å². The van der Waals surface area contributed by atoms with Gasteiger partial charge in [-0.15, -0.1) is 0 Å². The van der Waals surface area contributed by atoms with Gasteiger partial charge in [0.1, 0.15) is 0 Å². The van der Waals surface area contributed by atoms with Gasteiger partial charge >= 0.3 is 0 Å². The highest BCUT2D eigenvalue weighted by molar-refractivity contribution is 4.80. The van der Waals surface area contributed by atoms with Gasteiger partial charge in [-0.25, -0.2) is 0 Å². The van der Waals surface area contributed by atoms with Gasteiger partial charge in [0.15, 0.2) is 0 Å². The number of aliphatic hydroxyl groups is 1. The van der Waals surface area contributed by atoms with Crippen LogP contribution in [0, 0.1) is 5.92 Å². The Bertz CT molecular complexity index is 177. The number of aliphatic hydroxyl groups excluding tert-OH is 1. The molecule has 2 fully saturated rings. The second kappa shape index (κ2) is 5.80. The Hall–Kier alpha value is -0.160. The van der Waals surface area contributed by atoms with Crippen molar-refractivity contribution in [2.45, 2.75) is 31.4 Å². The first-order valence-electron chi connectivity index (χ1n) is 5.93. The van der Waals surface area contributed by atoms with E-state index in [-0.39, 0.29) is 12.6 Å². The molecule has 0 saturated carbocycles. The van der Waals surface area contributed by atoms with Crippen molar-refractivity contribution in [1.82, 2.24) is 5.32 Å². The van der Waals surface area contributed by atoms with E-state index in [0.717, 1.165) is 39.2 Å². The zero-order valence-electron chi connectivity index (χ0n) is 9.15. The summed E-state index contributed by atoms with van der Waals surface area (Å²) in [5.74, 6) is 0.469. The number of hydrogen-bond acceptors (Lipinski definition) is 4. The molecule has 4 heteroatoms. The lowest BCUT2D eigenvalue weighted by Gasteiger charge is -2.23. The Morgan fingerprint density at radius 1 is 1.33 bits per heavy atom. The number of ether oxygens (including phenoxy) is 2. The van der Waals surface area contributed by atoms with Crippen molar-refractivity contribution in [3.63, 3.8) is 0 Å². The van der Waals surface area contributed by atoms with Gasteiger partial charge in [0.05, 0.1) is 19.3 Å². The minimum absolute atomic E-state index is 0.177. The molecule has 0 aliphatic carbocycles. The van der Waals surface area contributed by atoms with E-state index >= 15 is 0 Å². The van der Waals surface area contributed by atoms with Crippen molar-refractivity contribution in [1.29, 1.82) is 0 Å². The van der Waals surface area contributed by atoms with E-state index in [0.29, 0.717) is 12.0 Å². The minimum Gasteiger partial charge on any atom is -0.395 e. The fourth-order valence-corrected chi connectivity index (χ4v) is 2.34. The second-order valence-electron chi connectivity index (χ2n) is 4.46. The SMILES string of the molecule is OCC(NCC1CCCO1)C1CCOC1. The second-order valence-corrected chi connectivity index (χ2v) is 4.46. The third kappa shape index (κ3) is 3.14. The van der Waals surface area contributed by atoms with Gasteiger partial charge in [-0.2, -0.15) is 0 Å². The zero-order valence-corrected chi connectivity index (χ0v) is 9.15. The fraction of sp³-hybridized carbons (Fsp3) is 1.00. The molecule has 3 unspecified atom stereocenters. The van der Waals surface area contributed by atoms with Gasteiger partial charge in [0, 0.05) is 31.7 Å². The molecule has 2 aliphatic rings. The molecule has 0 aromatic rings. The molecule has 0 aromatic carbocycles. The Balaban J connectivity index is 1.69. The topological polar surface area (TPSA) is 50.7 Å². The molecule has 2 rings (SSSR count). The summed E-state index contributed by atoms with van der Waals surface area (Å²) >= 11 is 0. The maximum atomic E-state index is 9.30. The standard InChI is InChI=1S/C11H21NO3/c13-7-11(9-3-5-14-8-9)12-6-10-2-1-4-15-10/h9-13H,1-8H2. The number of hydrogen-bond donors (Lipinski definition) is 2. The van der Waals surface area contributed by atoms with Crippen LogP contribution in [0.5, 0.6) is 0 Å². The van der Waals surface area contributed by atoms with Crippen LogP contribution in [0.15, 0.2) is 0 Å². The summed E-state index contributed by atoms with van der Waals surface area (Å²) in [5, 5.41) is 12.7. The van der Waals surface area contributed by atoms with Crippen LogP contribution < -0.4 is 5.32 Å². The Morgan fingerprint density at radius 2 is 2.27 bits per heavy atom. The van der Waals surface area contributed by atoms with Crippen molar-refractivity contribution in [3.8, 4) is 0 Å². The summed E-state index contributed by atoms with van der Waals surface area (Å²) in [6, 6.07) is 0.177. The third-order valence-corrected chi connectivity index (χ3v) is 3.36. The smallest absolute Gasteiger partial charge is 0.0700 e. The lowest BCUT2D eigenvalue weighted by atomic mass is 9.99. The summed E-state index contributed by atoms with van der Waals surface area (Å²) in [4.78, 5) is 0. The third-order valence-electron chi connectivity index (χ3n) is 3.36. The average Bonchev–Trinajstić information content (AvgIpc) is 2.90. The van der Waals surface area contributed by atoms with Gasteiger partial charge in [0.2, 0.25) is 0 Å². The molecular formula is C11H21NO3. The summed E-state index contributed by atoms with van der Waals surface area (Å²) in [5.41, 5.74) is 0. The van der Waals surface area contributed by atoms with Gasteiger partial charge in [-0.1, -0.05) is 0 Å². The van der Waals surface area contributed by atoms with Crippen LogP contribution >= 0.6 is 0 Å². The Kier molecular flexibility index (Phi) is 4.38. The van der Waals surface area contributed by atoms with Crippen LogP contribution in [0.3, 0.4) is 0 Å². The highest BCUT2D eigenvalue weighted by Gasteiger charge is 2.26. The van der Waals surface area contributed by atoms with Crippen molar-refractivity contribution in [3.05, 3.63) is 0 Å². The monoisotopic (exact) mass is 215 g/mol. The maximum Gasteiger partial charge on any atom is 0.0700 e. The summed E-state index contributed by atoms with van der Waals surface area (Å²) in [6.45, 7) is 3.57. The average molecular weight is 215 g/mol. The molecule has 88 valence electrons. The highest BCUT2D eigenvalue weighted by Crippen LogP contribution is 2.17. The van der Waals surface area contributed by atoms with Gasteiger partial charge in [0.25, 0.3) is 0 Å². The lowest BCUT2D eigenvalue weighted by Crippen LogP contribution is -2.43. The normalized spacial score (nSPS) is 33.4. The minimum atomic E-state index is 0.177. The zero-order chi connectivity index (χ0) is 10.5. The molecule has 4 nitrogen and oxygen atoms in total. The first-order chi connectivity index (χ1) is 7.40. The quantitative estimate of drug-likeness (QED) is 0.685. The molecule has 2 heterocycles. The summed E-state index contributed by atoms with van der Waals surface area (Å²) in [6.07, 6.45) is 3.72. The van der Waals surface area contributed by atoms with Crippen LogP contribution in [0.4, 0.5) is 0 Å².